The van der Waals surface area contributed by atoms with Crippen LogP contribution in [0.25, 0.3) is 10.8 Å². The van der Waals surface area contributed by atoms with E-state index in [1.54, 1.807) is 12.1 Å². The predicted molar refractivity (Wildman–Crippen MR) is 108 cm³/mol. The maximum atomic E-state index is 13.1. The first kappa shape index (κ1) is 19.1. The minimum atomic E-state index is -0.278. The number of benzene rings is 3. The number of hydrogen-bond acceptors (Lipinski definition) is 2. The van der Waals surface area contributed by atoms with E-state index in [2.05, 4.69) is 35.6 Å². The molecule has 0 aliphatic rings. The average molecular weight is 364 g/mol. The van der Waals surface area contributed by atoms with Crippen LogP contribution in [-0.2, 0) is 11.3 Å². The molecule has 4 heteroatoms. The standard InChI is InChI=1S/C23H25FN2O/c1-16(19-10-12-22(24)13-11-19)25-23(27)17(2)26(3)15-18-8-9-20-6-4-5-7-21(20)14-18/h4-14,16-17H,15H2,1-3H3,(H,25,27). The van der Waals surface area contributed by atoms with E-state index < -0.39 is 0 Å². The van der Waals surface area contributed by atoms with Crippen molar-refractivity contribution in [1.82, 2.24) is 10.2 Å². The van der Waals surface area contributed by atoms with Crippen LogP contribution in [0.3, 0.4) is 0 Å². The van der Waals surface area contributed by atoms with Gasteiger partial charge in [0.2, 0.25) is 5.91 Å². The highest BCUT2D eigenvalue weighted by atomic mass is 19.1. The highest BCUT2D eigenvalue weighted by Crippen LogP contribution is 2.18. The summed E-state index contributed by atoms with van der Waals surface area (Å²) < 4.78 is 13.1. The molecule has 27 heavy (non-hydrogen) atoms. The molecule has 0 bridgehead atoms. The molecule has 2 atom stereocenters. The first-order valence-electron chi connectivity index (χ1n) is 9.18. The Morgan fingerprint density at radius 2 is 1.67 bits per heavy atom. The molecule has 0 fully saturated rings. The zero-order valence-electron chi connectivity index (χ0n) is 15.9. The maximum Gasteiger partial charge on any atom is 0.237 e. The minimum Gasteiger partial charge on any atom is -0.348 e. The highest BCUT2D eigenvalue weighted by molar-refractivity contribution is 5.83. The van der Waals surface area contributed by atoms with Crippen molar-refractivity contribution in [2.24, 2.45) is 0 Å². The Morgan fingerprint density at radius 3 is 2.37 bits per heavy atom. The Morgan fingerprint density at radius 1 is 1.00 bits per heavy atom. The van der Waals surface area contributed by atoms with Crippen molar-refractivity contribution in [3.05, 3.63) is 83.7 Å². The number of halogens is 1. The van der Waals surface area contributed by atoms with Gasteiger partial charge in [-0.2, -0.15) is 0 Å². The third-order valence-corrected chi connectivity index (χ3v) is 5.02. The second kappa shape index (κ2) is 8.31. The summed E-state index contributed by atoms with van der Waals surface area (Å²) in [6.45, 7) is 4.49. The van der Waals surface area contributed by atoms with Crippen molar-refractivity contribution in [1.29, 1.82) is 0 Å². The first-order valence-corrected chi connectivity index (χ1v) is 9.18. The number of rotatable bonds is 6. The fraction of sp³-hybridized carbons (Fsp3) is 0.261. The molecule has 3 nitrogen and oxygen atoms in total. The van der Waals surface area contributed by atoms with Crippen LogP contribution in [0.1, 0.15) is 31.0 Å². The van der Waals surface area contributed by atoms with Gasteiger partial charge in [-0.15, -0.1) is 0 Å². The second-order valence-corrected chi connectivity index (χ2v) is 7.05. The molecule has 0 saturated carbocycles. The molecule has 1 amide bonds. The maximum absolute atomic E-state index is 13.1. The summed E-state index contributed by atoms with van der Waals surface area (Å²) in [5.41, 5.74) is 2.05. The zero-order valence-corrected chi connectivity index (χ0v) is 15.9. The number of carbonyl (C=O) groups excluding carboxylic acids is 1. The largest absolute Gasteiger partial charge is 0.348 e. The molecule has 2 unspecified atom stereocenters. The van der Waals surface area contributed by atoms with E-state index in [-0.39, 0.29) is 23.8 Å². The molecule has 0 heterocycles. The molecule has 140 valence electrons. The van der Waals surface area contributed by atoms with Crippen LogP contribution in [0.5, 0.6) is 0 Å². The van der Waals surface area contributed by atoms with E-state index in [0.717, 1.165) is 5.56 Å². The van der Waals surface area contributed by atoms with Crippen molar-refractivity contribution >= 4 is 16.7 Å². The van der Waals surface area contributed by atoms with Gasteiger partial charge >= 0.3 is 0 Å². The normalized spacial score (nSPS) is 13.5. The molecule has 0 aliphatic heterocycles. The van der Waals surface area contributed by atoms with Gasteiger partial charge < -0.3 is 5.32 Å². The number of nitrogens with one attached hydrogen (secondary N) is 1. The average Bonchev–Trinajstić information content (AvgIpc) is 2.67. The molecule has 0 spiro atoms. The van der Waals surface area contributed by atoms with Gasteiger partial charge in [-0.1, -0.05) is 48.5 Å². The number of carbonyl (C=O) groups is 1. The number of nitrogens with zero attached hydrogens (tertiary/aromatic N) is 1. The molecule has 3 rings (SSSR count). The summed E-state index contributed by atoms with van der Waals surface area (Å²) in [6.07, 6.45) is 0. The van der Waals surface area contributed by atoms with Crippen LogP contribution >= 0.6 is 0 Å². The van der Waals surface area contributed by atoms with Crippen molar-refractivity contribution < 1.29 is 9.18 Å². The third-order valence-electron chi connectivity index (χ3n) is 5.02. The van der Waals surface area contributed by atoms with Crippen LogP contribution in [0.15, 0.2) is 66.7 Å². The van der Waals surface area contributed by atoms with Gasteiger partial charge in [0, 0.05) is 6.54 Å². The topological polar surface area (TPSA) is 32.3 Å². The molecule has 0 aromatic heterocycles. The number of likely N-dealkylation sites (N-methyl/N-ethyl adjacent to an activating group) is 1. The van der Waals surface area contributed by atoms with E-state index in [1.807, 2.05) is 37.9 Å². The molecule has 0 aliphatic carbocycles. The van der Waals surface area contributed by atoms with Crippen molar-refractivity contribution in [2.45, 2.75) is 32.5 Å². The molecule has 0 saturated heterocycles. The van der Waals surface area contributed by atoms with Crippen LogP contribution in [-0.4, -0.2) is 23.9 Å². The van der Waals surface area contributed by atoms with Gasteiger partial charge in [0.25, 0.3) is 0 Å². The number of amides is 1. The summed E-state index contributed by atoms with van der Waals surface area (Å²) in [7, 11) is 1.95. The third kappa shape index (κ3) is 4.72. The van der Waals surface area contributed by atoms with Gasteiger partial charge in [0.05, 0.1) is 12.1 Å². The van der Waals surface area contributed by atoms with E-state index in [9.17, 15) is 9.18 Å². The minimum absolute atomic E-state index is 0.0462. The van der Waals surface area contributed by atoms with Crippen LogP contribution < -0.4 is 5.32 Å². The van der Waals surface area contributed by atoms with Crippen molar-refractivity contribution in [3.8, 4) is 0 Å². The fourth-order valence-electron chi connectivity index (χ4n) is 3.13. The lowest BCUT2D eigenvalue weighted by Gasteiger charge is -2.26. The monoisotopic (exact) mass is 364 g/mol. The Balaban J connectivity index is 1.62. The summed E-state index contributed by atoms with van der Waals surface area (Å²) in [6, 6.07) is 20.4. The smallest absolute Gasteiger partial charge is 0.237 e. The van der Waals surface area contributed by atoms with E-state index >= 15 is 0 Å². The SMILES string of the molecule is CC(NC(=O)C(C)N(C)Cc1ccc2ccccc2c1)c1ccc(F)cc1. The summed E-state index contributed by atoms with van der Waals surface area (Å²) in [5, 5.41) is 5.42. The van der Waals surface area contributed by atoms with Gasteiger partial charge in [-0.3, -0.25) is 9.69 Å². The highest BCUT2D eigenvalue weighted by Gasteiger charge is 2.20. The molecular weight excluding hydrogens is 339 g/mol. The predicted octanol–water partition coefficient (Wildman–Crippen LogP) is 4.68. The lowest BCUT2D eigenvalue weighted by Crippen LogP contribution is -2.43. The van der Waals surface area contributed by atoms with Crippen LogP contribution in [0, 0.1) is 5.82 Å². The van der Waals surface area contributed by atoms with Crippen LogP contribution in [0.4, 0.5) is 4.39 Å². The Bertz CT molecular complexity index is 923. The second-order valence-electron chi connectivity index (χ2n) is 7.05. The van der Waals surface area contributed by atoms with Gasteiger partial charge in [0.15, 0.2) is 0 Å². The Kier molecular flexibility index (Phi) is 5.87. The molecule has 3 aromatic rings. The summed E-state index contributed by atoms with van der Waals surface area (Å²) in [5.74, 6) is -0.323. The Labute approximate surface area is 159 Å². The molecule has 3 aromatic carbocycles. The fourth-order valence-corrected chi connectivity index (χ4v) is 3.13. The Hall–Kier alpha value is -2.72. The van der Waals surface area contributed by atoms with Crippen LogP contribution in [0.2, 0.25) is 0 Å². The van der Waals surface area contributed by atoms with Crippen molar-refractivity contribution in [3.63, 3.8) is 0 Å². The zero-order chi connectivity index (χ0) is 19.4. The molecular formula is C23H25FN2O. The van der Waals surface area contributed by atoms with Gasteiger partial charge in [-0.25, -0.2) is 4.39 Å². The molecule has 1 N–H and O–H groups in total. The van der Waals surface area contributed by atoms with Gasteiger partial charge in [0.1, 0.15) is 5.82 Å². The van der Waals surface area contributed by atoms with Crippen molar-refractivity contribution in [2.75, 3.05) is 7.05 Å². The lowest BCUT2D eigenvalue weighted by molar-refractivity contribution is -0.126. The van der Waals surface area contributed by atoms with Gasteiger partial charge in [-0.05, 0) is 61.0 Å². The van der Waals surface area contributed by atoms with E-state index in [1.165, 1.54) is 28.5 Å². The molecule has 0 radical (unpaired) electrons. The van der Waals surface area contributed by atoms with E-state index in [0.29, 0.717) is 6.54 Å². The number of fused-ring (bicyclic) bond motifs is 1. The first-order chi connectivity index (χ1) is 12.9. The summed E-state index contributed by atoms with van der Waals surface area (Å²) >= 11 is 0. The number of hydrogen-bond donors (Lipinski definition) is 1. The summed E-state index contributed by atoms with van der Waals surface area (Å²) in [4.78, 5) is 14.6. The van der Waals surface area contributed by atoms with E-state index in [4.69, 9.17) is 0 Å². The lowest BCUT2D eigenvalue weighted by atomic mass is 10.1. The quantitative estimate of drug-likeness (QED) is 0.689.